The van der Waals surface area contributed by atoms with E-state index in [0.29, 0.717) is 24.4 Å². The molecule has 0 unspecified atom stereocenters. The quantitative estimate of drug-likeness (QED) is 0.673. The molecule has 1 aromatic rings. The highest BCUT2D eigenvalue weighted by molar-refractivity contribution is 6.31. The second-order valence-corrected chi connectivity index (χ2v) is 7.43. The second-order valence-electron chi connectivity index (χ2n) is 7.02. The third-order valence-corrected chi connectivity index (χ3v) is 5.29. The number of amides is 2. The van der Waals surface area contributed by atoms with Crippen LogP contribution in [-0.2, 0) is 20.9 Å². The summed E-state index contributed by atoms with van der Waals surface area (Å²) in [5.74, 6) is 0.0581. The summed E-state index contributed by atoms with van der Waals surface area (Å²) in [7, 11) is 0. The zero-order chi connectivity index (χ0) is 18.5. The molecule has 3 N–H and O–H groups in total. The number of hydrogen-bond acceptors (Lipinski definition) is 4. The Morgan fingerprint density at radius 3 is 2.65 bits per heavy atom. The zero-order valence-corrected chi connectivity index (χ0v) is 15.4. The van der Waals surface area contributed by atoms with Gasteiger partial charge < -0.3 is 20.5 Å². The fourth-order valence-electron chi connectivity index (χ4n) is 3.21. The number of benzene rings is 1. The van der Waals surface area contributed by atoms with Gasteiger partial charge in [-0.1, -0.05) is 29.8 Å². The maximum absolute atomic E-state index is 12.2. The van der Waals surface area contributed by atoms with Crippen LogP contribution in [0.4, 0.5) is 0 Å². The highest BCUT2D eigenvalue weighted by Gasteiger charge is 2.36. The number of nitrogens with one attached hydrogen (secondary N) is 2. The van der Waals surface area contributed by atoms with E-state index in [0.717, 1.165) is 18.4 Å². The topological polar surface area (TPSA) is 87.7 Å². The summed E-state index contributed by atoms with van der Waals surface area (Å²) < 4.78 is 5.84. The van der Waals surface area contributed by atoms with Crippen LogP contribution < -0.4 is 10.6 Å². The number of aliphatic hydroxyl groups is 1. The fraction of sp³-hybridized carbons (Fsp3) is 0.579. The number of rotatable bonds is 7. The first-order valence-corrected chi connectivity index (χ1v) is 9.51. The van der Waals surface area contributed by atoms with Gasteiger partial charge in [-0.05, 0) is 37.3 Å². The highest BCUT2D eigenvalue weighted by atomic mass is 35.5. The molecule has 3 rings (SSSR count). The average molecular weight is 381 g/mol. The van der Waals surface area contributed by atoms with Crippen LogP contribution in [0, 0.1) is 5.92 Å². The highest BCUT2D eigenvalue weighted by Crippen LogP contribution is 2.30. The molecular weight excluding hydrogens is 356 g/mol. The first kappa shape index (κ1) is 19.1. The van der Waals surface area contributed by atoms with Crippen molar-refractivity contribution in [3.8, 4) is 0 Å². The summed E-state index contributed by atoms with van der Waals surface area (Å²) in [5.41, 5.74) is 0.864. The Labute approximate surface area is 158 Å². The number of halogens is 1. The van der Waals surface area contributed by atoms with E-state index < -0.39 is 6.10 Å². The van der Waals surface area contributed by atoms with Crippen molar-refractivity contribution < 1.29 is 19.4 Å². The molecule has 2 aliphatic rings. The summed E-state index contributed by atoms with van der Waals surface area (Å²) in [6.07, 6.45) is 2.76. The van der Waals surface area contributed by atoms with E-state index in [1.807, 2.05) is 18.2 Å². The first-order chi connectivity index (χ1) is 12.6. The summed E-state index contributed by atoms with van der Waals surface area (Å²) in [6, 6.07) is 7.19. The van der Waals surface area contributed by atoms with E-state index >= 15 is 0 Å². The van der Waals surface area contributed by atoms with Crippen LogP contribution in [0.2, 0.25) is 5.02 Å². The predicted molar refractivity (Wildman–Crippen MR) is 97.6 cm³/mol. The number of carbonyl (C=O) groups excluding carboxylic acids is 2. The molecule has 2 fully saturated rings. The normalized spacial score (nSPS) is 25.5. The van der Waals surface area contributed by atoms with Gasteiger partial charge in [0.05, 0.1) is 25.2 Å². The van der Waals surface area contributed by atoms with Crippen molar-refractivity contribution in [2.75, 3.05) is 6.61 Å². The third-order valence-electron chi connectivity index (χ3n) is 4.92. The molecule has 142 valence electrons. The van der Waals surface area contributed by atoms with Gasteiger partial charge in [-0.3, -0.25) is 9.59 Å². The third kappa shape index (κ3) is 5.19. The van der Waals surface area contributed by atoms with E-state index in [9.17, 15) is 14.7 Å². The van der Waals surface area contributed by atoms with Crippen LogP contribution >= 0.6 is 11.6 Å². The predicted octanol–water partition coefficient (Wildman–Crippen LogP) is 1.78. The van der Waals surface area contributed by atoms with Crippen LogP contribution in [0.25, 0.3) is 0 Å². The van der Waals surface area contributed by atoms with Gasteiger partial charge in [0.25, 0.3) is 0 Å². The molecule has 0 bridgehead atoms. The fourth-order valence-corrected chi connectivity index (χ4v) is 3.41. The van der Waals surface area contributed by atoms with Gasteiger partial charge in [-0.2, -0.15) is 0 Å². The Kier molecular flexibility index (Phi) is 6.51. The van der Waals surface area contributed by atoms with Gasteiger partial charge in [0, 0.05) is 17.5 Å². The number of ether oxygens (including phenoxy) is 1. The molecule has 3 atom stereocenters. The number of carbonyl (C=O) groups is 2. The standard InChI is InChI=1S/C19H25ClN2O4/c20-15-4-2-1-3-13(15)10-21-18(24)9-14-7-8-16(17(11-23)26-14)22-19(25)12-5-6-12/h1-4,12,14,16-17,23H,5-11H2,(H,21,24)(H,22,25)/t14-,16+,17+/m0/s1. The molecule has 1 heterocycles. The summed E-state index contributed by atoms with van der Waals surface area (Å²) in [4.78, 5) is 24.1. The van der Waals surface area contributed by atoms with Crippen LogP contribution in [0.5, 0.6) is 0 Å². The summed E-state index contributed by atoms with van der Waals surface area (Å²) in [6.45, 7) is 0.197. The maximum atomic E-state index is 12.2. The molecular formula is C19H25ClN2O4. The number of aliphatic hydroxyl groups excluding tert-OH is 1. The molecule has 2 amide bonds. The molecule has 1 aliphatic carbocycles. The van der Waals surface area contributed by atoms with Gasteiger partial charge in [-0.25, -0.2) is 0 Å². The van der Waals surface area contributed by atoms with Gasteiger partial charge >= 0.3 is 0 Å². The molecule has 1 aromatic carbocycles. The largest absolute Gasteiger partial charge is 0.394 e. The summed E-state index contributed by atoms with van der Waals surface area (Å²) in [5, 5.41) is 16.0. The van der Waals surface area contributed by atoms with E-state index in [1.165, 1.54) is 0 Å². The molecule has 0 aromatic heterocycles. The van der Waals surface area contributed by atoms with Crippen LogP contribution in [0.1, 0.15) is 37.7 Å². The number of hydrogen-bond donors (Lipinski definition) is 3. The van der Waals surface area contributed by atoms with Crippen molar-refractivity contribution in [2.24, 2.45) is 5.92 Å². The molecule has 0 spiro atoms. The Morgan fingerprint density at radius 1 is 1.19 bits per heavy atom. The maximum Gasteiger partial charge on any atom is 0.223 e. The Bertz CT molecular complexity index is 650. The van der Waals surface area contributed by atoms with E-state index in [4.69, 9.17) is 16.3 Å². The Hall–Kier alpha value is -1.63. The monoisotopic (exact) mass is 380 g/mol. The van der Waals surface area contributed by atoms with E-state index in [-0.39, 0.29) is 42.9 Å². The van der Waals surface area contributed by atoms with Crippen molar-refractivity contribution in [3.63, 3.8) is 0 Å². The molecule has 6 nitrogen and oxygen atoms in total. The second kappa shape index (κ2) is 8.84. The molecule has 1 saturated heterocycles. The lowest BCUT2D eigenvalue weighted by Gasteiger charge is -2.36. The van der Waals surface area contributed by atoms with Gasteiger partial charge in [0.1, 0.15) is 6.10 Å². The lowest BCUT2D eigenvalue weighted by atomic mass is 9.96. The molecule has 1 saturated carbocycles. The Morgan fingerprint density at radius 2 is 1.96 bits per heavy atom. The SMILES string of the molecule is O=C(C[C@@H]1CC[C@@H](NC(=O)C2CC2)[C@@H](CO)O1)NCc1ccccc1Cl. The van der Waals surface area contributed by atoms with Crippen LogP contribution in [-0.4, -0.2) is 41.8 Å². The van der Waals surface area contributed by atoms with Crippen LogP contribution in [0.3, 0.4) is 0 Å². The van der Waals surface area contributed by atoms with Crippen molar-refractivity contribution in [3.05, 3.63) is 34.9 Å². The molecule has 7 heteroatoms. The Balaban J connectivity index is 1.44. The van der Waals surface area contributed by atoms with Gasteiger partial charge in [-0.15, -0.1) is 0 Å². The van der Waals surface area contributed by atoms with E-state index in [2.05, 4.69) is 10.6 Å². The van der Waals surface area contributed by atoms with Crippen molar-refractivity contribution in [2.45, 2.75) is 56.9 Å². The summed E-state index contributed by atoms with van der Waals surface area (Å²) >= 11 is 6.08. The molecule has 0 radical (unpaired) electrons. The minimum atomic E-state index is -0.465. The van der Waals surface area contributed by atoms with Crippen molar-refractivity contribution in [1.82, 2.24) is 10.6 Å². The van der Waals surface area contributed by atoms with Gasteiger partial charge in [0.2, 0.25) is 11.8 Å². The minimum Gasteiger partial charge on any atom is -0.394 e. The lowest BCUT2D eigenvalue weighted by Crippen LogP contribution is -2.51. The van der Waals surface area contributed by atoms with E-state index in [1.54, 1.807) is 6.07 Å². The smallest absolute Gasteiger partial charge is 0.223 e. The lowest BCUT2D eigenvalue weighted by molar-refractivity contribution is -0.136. The zero-order valence-electron chi connectivity index (χ0n) is 14.6. The van der Waals surface area contributed by atoms with Crippen molar-refractivity contribution >= 4 is 23.4 Å². The minimum absolute atomic E-state index is 0.0491. The molecule has 26 heavy (non-hydrogen) atoms. The molecule has 1 aliphatic heterocycles. The van der Waals surface area contributed by atoms with Crippen LogP contribution in [0.15, 0.2) is 24.3 Å². The van der Waals surface area contributed by atoms with Gasteiger partial charge in [0.15, 0.2) is 0 Å². The van der Waals surface area contributed by atoms with Crippen molar-refractivity contribution in [1.29, 1.82) is 0 Å². The average Bonchev–Trinajstić information content (AvgIpc) is 3.47. The first-order valence-electron chi connectivity index (χ1n) is 9.13.